The molecule has 19 heavy (non-hydrogen) atoms. The van der Waals surface area contributed by atoms with Crippen LogP contribution in [0.4, 0.5) is 0 Å². The third-order valence-electron chi connectivity index (χ3n) is 3.12. The predicted molar refractivity (Wildman–Crippen MR) is 73.5 cm³/mol. The van der Waals surface area contributed by atoms with Gasteiger partial charge in [-0.3, -0.25) is 4.79 Å². The smallest absolute Gasteiger partial charge is 0.255 e. The zero-order valence-corrected chi connectivity index (χ0v) is 11.4. The third kappa shape index (κ3) is 3.96. The molecule has 1 fully saturated rings. The van der Waals surface area contributed by atoms with E-state index in [1.807, 2.05) is 25.1 Å². The molecule has 1 N–H and O–H groups in total. The molecule has 1 saturated heterocycles. The van der Waals surface area contributed by atoms with Crippen molar-refractivity contribution in [1.82, 2.24) is 5.32 Å². The van der Waals surface area contributed by atoms with Gasteiger partial charge in [0.25, 0.3) is 5.91 Å². The monoisotopic (exact) mass is 263 g/mol. The number of hydrogen-bond acceptors (Lipinski definition) is 3. The van der Waals surface area contributed by atoms with Crippen molar-refractivity contribution >= 4 is 5.91 Å². The standard InChI is InChI=1S/C15H21NO3/c1-2-9-16-15(17)13-7-3-4-8-14(13)19-11-12-6-5-10-18-12/h3-4,7-8,12H,2,5-6,9-11H2,1H3,(H,16,17). The molecular formula is C15H21NO3. The first-order valence-corrected chi connectivity index (χ1v) is 6.93. The average molecular weight is 263 g/mol. The summed E-state index contributed by atoms with van der Waals surface area (Å²) in [6, 6.07) is 7.34. The molecule has 1 atom stereocenters. The molecule has 1 unspecified atom stereocenters. The van der Waals surface area contributed by atoms with Gasteiger partial charge in [0.15, 0.2) is 0 Å². The van der Waals surface area contributed by atoms with Crippen LogP contribution in [0.25, 0.3) is 0 Å². The maximum absolute atomic E-state index is 12.0. The van der Waals surface area contributed by atoms with E-state index in [1.54, 1.807) is 6.07 Å². The molecule has 4 nitrogen and oxygen atoms in total. The van der Waals surface area contributed by atoms with Crippen molar-refractivity contribution in [3.05, 3.63) is 29.8 Å². The lowest BCUT2D eigenvalue weighted by Crippen LogP contribution is -2.25. The Labute approximate surface area is 114 Å². The third-order valence-corrected chi connectivity index (χ3v) is 3.12. The number of benzene rings is 1. The second-order valence-corrected chi connectivity index (χ2v) is 4.70. The zero-order chi connectivity index (χ0) is 13.5. The molecule has 1 aromatic rings. The maximum atomic E-state index is 12.0. The Morgan fingerprint density at radius 2 is 2.32 bits per heavy atom. The highest BCUT2D eigenvalue weighted by Crippen LogP contribution is 2.20. The fourth-order valence-corrected chi connectivity index (χ4v) is 2.07. The Kier molecular flexibility index (Phi) is 5.21. The average Bonchev–Trinajstić information content (AvgIpc) is 2.96. The fraction of sp³-hybridized carbons (Fsp3) is 0.533. The number of hydrogen-bond donors (Lipinski definition) is 1. The number of carbonyl (C=O) groups excluding carboxylic acids is 1. The lowest BCUT2D eigenvalue weighted by Gasteiger charge is -2.14. The molecule has 0 spiro atoms. The van der Waals surface area contributed by atoms with Gasteiger partial charge in [-0.2, -0.15) is 0 Å². The summed E-state index contributed by atoms with van der Waals surface area (Å²) in [5.41, 5.74) is 0.592. The normalized spacial score (nSPS) is 18.3. The van der Waals surface area contributed by atoms with Crippen LogP contribution in [0.1, 0.15) is 36.5 Å². The topological polar surface area (TPSA) is 47.6 Å². The summed E-state index contributed by atoms with van der Waals surface area (Å²) in [6.45, 7) is 4.03. The number of para-hydroxylation sites is 1. The number of amides is 1. The summed E-state index contributed by atoms with van der Waals surface area (Å²) in [4.78, 5) is 12.0. The van der Waals surface area contributed by atoms with Gasteiger partial charge in [0, 0.05) is 13.2 Å². The molecule has 104 valence electrons. The van der Waals surface area contributed by atoms with Crippen LogP contribution in [0.15, 0.2) is 24.3 Å². The van der Waals surface area contributed by atoms with Crippen LogP contribution in [0.2, 0.25) is 0 Å². The SMILES string of the molecule is CCCNC(=O)c1ccccc1OCC1CCCO1. The van der Waals surface area contributed by atoms with Crippen molar-refractivity contribution in [2.24, 2.45) is 0 Å². The number of nitrogens with one attached hydrogen (secondary N) is 1. The Morgan fingerprint density at radius 3 is 3.05 bits per heavy atom. The van der Waals surface area contributed by atoms with E-state index in [-0.39, 0.29) is 12.0 Å². The molecule has 0 radical (unpaired) electrons. The summed E-state index contributed by atoms with van der Waals surface area (Å²) >= 11 is 0. The van der Waals surface area contributed by atoms with Crippen LogP contribution in [-0.2, 0) is 4.74 Å². The summed E-state index contributed by atoms with van der Waals surface area (Å²) in [6.07, 6.45) is 3.20. The first-order chi connectivity index (χ1) is 9.31. The quantitative estimate of drug-likeness (QED) is 0.857. The Bertz CT molecular complexity index is 414. The number of carbonyl (C=O) groups is 1. The molecule has 2 rings (SSSR count). The molecule has 1 aromatic carbocycles. The highest BCUT2D eigenvalue weighted by Gasteiger charge is 2.18. The highest BCUT2D eigenvalue weighted by molar-refractivity contribution is 5.96. The molecule has 4 heteroatoms. The minimum absolute atomic E-state index is 0.0789. The largest absolute Gasteiger partial charge is 0.490 e. The second kappa shape index (κ2) is 7.14. The minimum atomic E-state index is -0.0789. The molecule has 0 bridgehead atoms. The van der Waals surface area contributed by atoms with Crippen LogP contribution in [0.3, 0.4) is 0 Å². The van der Waals surface area contributed by atoms with Gasteiger partial charge in [-0.1, -0.05) is 19.1 Å². The van der Waals surface area contributed by atoms with Crippen LogP contribution < -0.4 is 10.1 Å². The van der Waals surface area contributed by atoms with E-state index in [0.29, 0.717) is 24.5 Å². The minimum Gasteiger partial charge on any atom is -0.490 e. The van der Waals surface area contributed by atoms with Crippen LogP contribution in [0.5, 0.6) is 5.75 Å². The fourth-order valence-electron chi connectivity index (χ4n) is 2.07. The molecule has 1 aliphatic rings. The van der Waals surface area contributed by atoms with E-state index in [0.717, 1.165) is 25.9 Å². The van der Waals surface area contributed by atoms with Crippen LogP contribution in [-0.4, -0.2) is 31.8 Å². The van der Waals surface area contributed by atoms with E-state index in [9.17, 15) is 4.79 Å². The van der Waals surface area contributed by atoms with Gasteiger partial charge in [0.1, 0.15) is 12.4 Å². The van der Waals surface area contributed by atoms with E-state index in [4.69, 9.17) is 9.47 Å². The summed E-state index contributed by atoms with van der Waals surface area (Å²) < 4.78 is 11.3. The van der Waals surface area contributed by atoms with Crippen molar-refractivity contribution in [3.63, 3.8) is 0 Å². The zero-order valence-electron chi connectivity index (χ0n) is 11.4. The molecule has 0 saturated carbocycles. The van der Waals surface area contributed by atoms with Crippen molar-refractivity contribution in [3.8, 4) is 5.75 Å². The maximum Gasteiger partial charge on any atom is 0.255 e. The van der Waals surface area contributed by atoms with E-state index < -0.39 is 0 Å². The summed E-state index contributed by atoms with van der Waals surface area (Å²) in [7, 11) is 0. The molecule has 1 heterocycles. The van der Waals surface area contributed by atoms with Crippen molar-refractivity contribution < 1.29 is 14.3 Å². The van der Waals surface area contributed by atoms with E-state index in [1.165, 1.54) is 0 Å². The summed E-state index contributed by atoms with van der Waals surface area (Å²) in [5, 5.41) is 2.87. The van der Waals surface area contributed by atoms with Crippen molar-refractivity contribution in [2.45, 2.75) is 32.3 Å². The van der Waals surface area contributed by atoms with Gasteiger partial charge < -0.3 is 14.8 Å². The lowest BCUT2D eigenvalue weighted by atomic mass is 10.2. The molecular weight excluding hydrogens is 242 g/mol. The van der Waals surface area contributed by atoms with Crippen molar-refractivity contribution in [2.75, 3.05) is 19.8 Å². The Hall–Kier alpha value is -1.55. The first-order valence-electron chi connectivity index (χ1n) is 6.93. The Morgan fingerprint density at radius 1 is 1.47 bits per heavy atom. The van der Waals surface area contributed by atoms with E-state index >= 15 is 0 Å². The number of rotatable bonds is 6. The van der Waals surface area contributed by atoms with Crippen molar-refractivity contribution in [1.29, 1.82) is 0 Å². The summed E-state index contributed by atoms with van der Waals surface area (Å²) in [5.74, 6) is 0.552. The van der Waals surface area contributed by atoms with Gasteiger partial charge in [-0.25, -0.2) is 0 Å². The predicted octanol–water partition coefficient (Wildman–Crippen LogP) is 2.38. The molecule has 0 aliphatic carbocycles. The molecule has 0 aromatic heterocycles. The van der Waals surface area contributed by atoms with Gasteiger partial charge in [0.05, 0.1) is 11.7 Å². The van der Waals surface area contributed by atoms with Gasteiger partial charge in [-0.15, -0.1) is 0 Å². The highest BCUT2D eigenvalue weighted by atomic mass is 16.5. The van der Waals surface area contributed by atoms with Gasteiger partial charge in [-0.05, 0) is 31.4 Å². The molecule has 1 amide bonds. The van der Waals surface area contributed by atoms with Gasteiger partial charge >= 0.3 is 0 Å². The Balaban J connectivity index is 1.96. The second-order valence-electron chi connectivity index (χ2n) is 4.70. The van der Waals surface area contributed by atoms with Gasteiger partial charge in [0.2, 0.25) is 0 Å². The first kappa shape index (κ1) is 13.9. The van der Waals surface area contributed by atoms with Crippen LogP contribution in [0, 0.1) is 0 Å². The lowest BCUT2D eigenvalue weighted by molar-refractivity contribution is 0.0670. The van der Waals surface area contributed by atoms with E-state index in [2.05, 4.69) is 5.32 Å². The molecule has 1 aliphatic heterocycles. The number of ether oxygens (including phenoxy) is 2. The van der Waals surface area contributed by atoms with Crippen LogP contribution >= 0.6 is 0 Å².